The Kier molecular flexibility index (Phi) is 9.08. The van der Waals surface area contributed by atoms with Crippen LogP contribution in [0.2, 0.25) is 0 Å². The standard InChI is InChI=1S/C15H31N3O6S/c1-15(2,3)24-14(19)17-13-5-8-18(9-6-13)25(20,21)16-7-10-23-12-11-22-4/h13,16H,5-12H2,1-4H3,(H,17,19). The van der Waals surface area contributed by atoms with Gasteiger partial charge in [0.15, 0.2) is 0 Å². The summed E-state index contributed by atoms with van der Waals surface area (Å²) in [6.07, 6.45) is 0.620. The molecule has 0 bridgehead atoms. The van der Waals surface area contributed by atoms with Crippen LogP contribution in [0.4, 0.5) is 4.79 Å². The first-order chi connectivity index (χ1) is 11.6. The minimum absolute atomic E-state index is 0.0846. The topological polar surface area (TPSA) is 106 Å². The van der Waals surface area contributed by atoms with E-state index in [1.54, 1.807) is 27.9 Å². The number of alkyl carbamates (subject to hydrolysis) is 1. The van der Waals surface area contributed by atoms with Crippen molar-refractivity contribution in [1.29, 1.82) is 0 Å². The number of nitrogens with zero attached hydrogens (tertiary/aromatic N) is 1. The van der Waals surface area contributed by atoms with E-state index in [1.807, 2.05) is 0 Å². The van der Waals surface area contributed by atoms with E-state index >= 15 is 0 Å². The number of carbonyl (C=O) groups is 1. The molecule has 0 atom stereocenters. The van der Waals surface area contributed by atoms with E-state index in [-0.39, 0.29) is 12.6 Å². The van der Waals surface area contributed by atoms with E-state index in [1.165, 1.54) is 4.31 Å². The van der Waals surface area contributed by atoms with Gasteiger partial charge in [-0.05, 0) is 33.6 Å². The molecule has 1 heterocycles. The molecule has 1 saturated heterocycles. The maximum atomic E-state index is 12.2. The zero-order valence-electron chi connectivity index (χ0n) is 15.5. The maximum absolute atomic E-state index is 12.2. The molecule has 9 nitrogen and oxygen atoms in total. The molecule has 0 aromatic carbocycles. The molecule has 1 aliphatic rings. The van der Waals surface area contributed by atoms with Gasteiger partial charge < -0.3 is 19.5 Å². The number of nitrogens with one attached hydrogen (secondary N) is 2. The molecule has 1 rings (SSSR count). The highest BCUT2D eigenvalue weighted by molar-refractivity contribution is 7.87. The number of hydrogen-bond acceptors (Lipinski definition) is 6. The van der Waals surface area contributed by atoms with Gasteiger partial charge in [-0.3, -0.25) is 0 Å². The van der Waals surface area contributed by atoms with Crippen LogP contribution in [-0.2, 0) is 24.4 Å². The van der Waals surface area contributed by atoms with Crippen LogP contribution in [0.1, 0.15) is 33.6 Å². The Hall–Kier alpha value is -0.940. The van der Waals surface area contributed by atoms with Gasteiger partial charge in [-0.15, -0.1) is 0 Å². The summed E-state index contributed by atoms with van der Waals surface area (Å²) in [6.45, 7) is 7.50. The number of piperidine rings is 1. The van der Waals surface area contributed by atoms with Gasteiger partial charge in [-0.1, -0.05) is 0 Å². The van der Waals surface area contributed by atoms with Crippen molar-refractivity contribution in [3.63, 3.8) is 0 Å². The SMILES string of the molecule is COCCOCCNS(=O)(=O)N1CCC(NC(=O)OC(C)(C)C)CC1. The number of rotatable bonds is 9. The number of amides is 1. The lowest BCUT2D eigenvalue weighted by Crippen LogP contribution is -2.50. The molecule has 25 heavy (non-hydrogen) atoms. The molecule has 0 unspecified atom stereocenters. The zero-order chi connectivity index (χ0) is 18.9. The minimum atomic E-state index is -3.53. The van der Waals surface area contributed by atoms with Crippen LogP contribution >= 0.6 is 0 Å². The normalized spacial score (nSPS) is 17.4. The van der Waals surface area contributed by atoms with Gasteiger partial charge in [-0.2, -0.15) is 17.4 Å². The highest BCUT2D eigenvalue weighted by Crippen LogP contribution is 2.14. The van der Waals surface area contributed by atoms with Gasteiger partial charge in [0, 0.05) is 32.8 Å². The summed E-state index contributed by atoms with van der Waals surface area (Å²) in [4.78, 5) is 11.8. The highest BCUT2D eigenvalue weighted by Gasteiger charge is 2.29. The van der Waals surface area contributed by atoms with Gasteiger partial charge in [0.25, 0.3) is 10.2 Å². The molecule has 0 aromatic rings. The average molecular weight is 381 g/mol. The third-order valence-electron chi connectivity index (χ3n) is 3.48. The fourth-order valence-electron chi connectivity index (χ4n) is 2.29. The van der Waals surface area contributed by atoms with Crippen LogP contribution in [0.3, 0.4) is 0 Å². The number of ether oxygens (including phenoxy) is 3. The van der Waals surface area contributed by atoms with Crippen LogP contribution in [0, 0.1) is 0 Å². The van der Waals surface area contributed by atoms with E-state index in [0.717, 1.165) is 0 Å². The highest BCUT2D eigenvalue weighted by atomic mass is 32.2. The quantitative estimate of drug-likeness (QED) is 0.563. The third kappa shape index (κ3) is 9.36. The molecule has 0 saturated carbocycles. The molecule has 10 heteroatoms. The fourth-order valence-corrected chi connectivity index (χ4v) is 3.51. The van der Waals surface area contributed by atoms with Crippen molar-refractivity contribution in [3.05, 3.63) is 0 Å². The van der Waals surface area contributed by atoms with E-state index in [0.29, 0.717) is 45.8 Å². The molecule has 1 amide bonds. The second kappa shape index (κ2) is 10.3. The van der Waals surface area contributed by atoms with Crippen LogP contribution in [0.25, 0.3) is 0 Å². The lowest BCUT2D eigenvalue weighted by molar-refractivity contribution is 0.0489. The fraction of sp³-hybridized carbons (Fsp3) is 0.933. The van der Waals surface area contributed by atoms with Crippen LogP contribution in [-0.4, -0.2) is 77.0 Å². The van der Waals surface area contributed by atoms with Crippen molar-refractivity contribution in [2.75, 3.05) is 46.6 Å². The van der Waals surface area contributed by atoms with Crippen molar-refractivity contribution in [1.82, 2.24) is 14.3 Å². The second-order valence-electron chi connectivity index (χ2n) is 6.82. The first-order valence-corrected chi connectivity index (χ1v) is 9.89. The zero-order valence-corrected chi connectivity index (χ0v) is 16.4. The van der Waals surface area contributed by atoms with E-state index in [2.05, 4.69) is 10.0 Å². The Bertz CT molecular complexity index is 498. The number of methoxy groups -OCH3 is 1. The predicted molar refractivity (Wildman–Crippen MR) is 93.6 cm³/mol. The van der Waals surface area contributed by atoms with Crippen LogP contribution in [0.15, 0.2) is 0 Å². The van der Waals surface area contributed by atoms with Crippen molar-refractivity contribution in [2.45, 2.75) is 45.3 Å². The lowest BCUT2D eigenvalue weighted by Gasteiger charge is -2.32. The third-order valence-corrected chi connectivity index (χ3v) is 5.09. The van der Waals surface area contributed by atoms with Gasteiger partial charge in [0.05, 0.1) is 19.8 Å². The Balaban J connectivity index is 2.29. The summed E-state index contributed by atoms with van der Waals surface area (Å²) in [7, 11) is -1.95. The Morgan fingerprint density at radius 1 is 1.16 bits per heavy atom. The predicted octanol–water partition coefficient (Wildman–Crippen LogP) is 0.473. The molecule has 0 radical (unpaired) electrons. The van der Waals surface area contributed by atoms with E-state index in [4.69, 9.17) is 14.2 Å². The molecular weight excluding hydrogens is 350 g/mol. The van der Waals surface area contributed by atoms with Gasteiger partial charge in [0.2, 0.25) is 0 Å². The van der Waals surface area contributed by atoms with Gasteiger partial charge in [0.1, 0.15) is 5.60 Å². The summed E-state index contributed by atoms with van der Waals surface area (Å²) in [5.41, 5.74) is -0.552. The molecule has 0 spiro atoms. The van der Waals surface area contributed by atoms with Crippen LogP contribution < -0.4 is 10.0 Å². The number of hydrogen-bond donors (Lipinski definition) is 2. The van der Waals surface area contributed by atoms with E-state index in [9.17, 15) is 13.2 Å². The smallest absolute Gasteiger partial charge is 0.407 e. The summed E-state index contributed by atoms with van der Waals surface area (Å²) in [5.74, 6) is 0. The molecule has 0 aliphatic carbocycles. The minimum Gasteiger partial charge on any atom is -0.444 e. The largest absolute Gasteiger partial charge is 0.444 e. The van der Waals surface area contributed by atoms with Crippen molar-refractivity contribution in [3.8, 4) is 0 Å². The summed E-state index contributed by atoms with van der Waals surface area (Å²) in [5, 5.41) is 2.78. The molecule has 0 aromatic heterocycles. The summed E-state index contributed by atoms with van der Waals surface area (Å²) >= 11 is 0. The van der Waals surface area contributed by atoms with Crippen molar-refractivity contribution >= 4 is 16.3 Å². The summed E-state index contributed by atoms with van der Waals surface area (Å²) < 4.78 is 43.6. The first-order valence-electron chi connectivity index (χ1n) is 8.45. The summed E-state index contributed by atoms with van der Waals surface area (Å²) in [6, 6.07) is -0.0846. The monoisotopic (exact) mass is 381 g/mol. The molecule has 148 valence electrons. The molecule has 1 fully saturated rings. The van der Waals surface area contributed by atoms with Crippen molar-refractivity contribution < 1.29 is 27.4 Å². The average Bonchev–Trinajstić information content (AvgIpc) is 2.49. The lowest BCUT2D eigenvalue weighted by atomic mass is 10.1. The second-order valence-corrected chi connectivity index (χ2v) is 8.58. The Morgan fingerprint density at radius 2 is 1.80 bits per heavy atom. The first kappa shape index (κ1) is 22.1. The number of carbonyl (C=O) groups excluding carboxylic acids is 1. The van der Waals surface area contributed by atoms with Crippen LogP contribution in [0.5, 0.6) is 0 Å². The van der Waals surface area contributed by atoms with E-state index < -0.39 is 21.9 Å². The molecule has 1 aliphatic heterocycles. The Labute approximate surface area is 150 Å². The van der Waals surface area contributed by atoms with Gasteiger partial charge >= 0.3 is 6.09 Å². The Morgan fingerprint density at radius 3 is 2.36 bits per heavy atom. The molecule has 2 N–H and O–H groups in total. The maximum Gasteiger partial charge on any atom is 0.407 e. The van der Waals surface area contributed by atoms with Gasteiger partial charge in [-0.25, -0.2) is 4.79 Å². The van der Waals surface area contributed by atoms with Crippen molar-refractivity contribution in [2.24, 2.45) is 0 Å². The molecular formula is C15H31N3O6S.